The minimum atomic E-state index is -0.378. The predicted octanol–water partition coefficient (Wildman–Crippen LogP) is 2.43. The third kappa shape index (κ3) is 8.69. The highest BCUT2D eigenvalue weighted by molar-refractivity contribution is 7.98. The molecule has 9 heteroatoms. The van der Waals surface area contributed by atoms with Gasteiger partial charge in [0.05, 0.1) is 18.8 Å². The number of nitrogens with one attached hydrogen (secondary N) is 1. The summed E-state index contributed by atoms with van der Waals surface area (Å²) in [7, 11) is 4.00. The van der Waals surface area contributed by atoms with E-state index in [4.69, 9.17) is 4.42 Å². The number of amidine groups is 1. The molecule has 146 valence electrons. The van der Waals surface area contributed by atoms with Crippen LogP contribution in [0.5, 0.6) is 0 Å². The molecule has 0 radical (unpaired) electrons. The van der Waals surface area contributed by atoms with Crippen molar-refractivity contribution in [3.63, 3.8) is 0 Å². The molecule has 0 unspecified atom stereocenters. The Bertz CT molecular complexity index is 734. The van der Waals surface area contributed by atoms with Gasteiger partial charge in [-0.25, -0.2) is 0 Å². The van der Waals surface area contributed by atoms with Crippen LogP contribution in [0.25, 0.3) is 0 Å². The van der Waals surface area contributed by atoms with Gasteiger partial charge in [0.1, 0.15) is 11.5 Å². The van der Waals surface area contributed by atoms with E-state index in [1.165, 1.54) is 0 Å². The summed E-state index contributed by atoms with van der Waals surface area (Å²) in [6, 6.07) is 7.70. The largest absolute Gasteiger partial charge is 0.464 e. The quantitative estimate of drug-likeness (QED) is 0.207. The van der Waals surface area contributed by atoms with Gasteiger partial charge in [0.15, 0.2) is 5.84 Å². The Hall–Kier alpha value is -2.39. The third-order valence-corrected chi connectivity index (χ3v) is 4.44. The molecule has 0 aliphatic rings. The second-order valence-electron chi connectivity index (χ2n) is 6.20. The molecule has 0 aliphatic carbocycles. The maximum absolute atomic E-state index is 10.8. The van der Waals surface area contributed by atoms with Crippen molar-refractivity contribution < 1.29 is 9.34 Å². The lowest BCUT2D eigenvalue weighted by atomic mass is 10.3. The van der Waals surface area contributed by atoms with Crippen LogP contribution in [0.4, 0.5) is 0 Å². The van der Waals surface area contributed by atoms with Gasteiger partial charge < -0.3 is 14.6 Å². The molecule has 27 heavy (non-hydrogen) atoms. The van der Waals surface area contributed by atoms with E-state index in [-0.39, 0.29) is 11.5 Å². The topological polar surface area (TPSA) is 96.8 Å². The van der Waals surface area contributed by atoms with Crippen molar-refractivity contribution in [3.05, 3.63) is 63.9 Å². The summed E-state index contributed by atoms with van der Waals surface area (Å²) in [5, 5.41) is 13.9. The predicted molar refractivity (Wildman–Crippen MR) is 108 cm³/mol. The first-order valence-corrected chi connectivity index (χ1v) is 9.76. The van der Waals surface area contributed by atoms with Crippen LogP contribution in [0.1, 0.15) is 17.1 Å². The number of rotatable bonds is 11. The van der Waals surface area contributed by atoms with Gasteiger partial charge in [-0.3, -0.25) is 20.1 Å². The highest BCUT2D eigenvalue weighted by atomic mass is 32.2. The summed E-state index contributed by atoms with van der Waals surface area (Å²) >= 11 is 1.71. The molecule has 0 fully saturated rings. The van der Waals surface area contributed by atoms with Crippen molar-refractivity contribution in [3.8, 4) is 0 Å². The molecule has 0 atom stereocenters. The Morgan fingerprint density at radius 2 is 2.19 bits per heavy atom. The first kappa shape index (κ1) is 20.9. The van der Waals surface area contributed by atoms with E-state index in [1.54, 1.807) is 24.2 Å². The molecular formula is C18H25N5O3S. The minimum Gasteiger partial charge on any atom is -0.464 e. The van der Waals surface area contributed by atoms with E-state index < -0.39 is 0 Å². The molecule has 0 bridgehead atoms. The monoisotopic (exact) mass is 391 g/mol. The molecule has 0 spiro atoms. The minimum absolute atomic E-state index is 0.309. The highest BCUT2D eigenvalue weighted by Crippen LogP contribution is 2.15. The molecule has 2 aromatic rings. The van der Waals surface area contributed by atoms with Crippen LogP contribution in [0.15, 0.2) is 46.1 Å². The summed E-state index contributed by atoms with van der Waals surface area (Å²) < 4.78 is 5.76. The Balaban J connectivity index is 1.73. The molecule has 0 aromatic carbocycles. The van der Waals surface area contributed by atoms with Gasteiger partial charge in [-0.15, -0.1) is 0 Å². The second kappa shape index (κ2) is 11.3. The third-order valence-electron chi connectivity index (χ3n) is 3.46. The molecule has 0 amide bonds. The Kier molecular flexibility index (Phi) is 8.79. The van der Waals surface area contributed by atoms with E-state index in [0.717, 1.165) is 35.1 Å². The average Bonchev–Trinajstić information content (AvgIpc) is 3.06. The standard InChI is InChI=1S/C18H25N5O3S/c1-22(2)12-16-5-6-17(26-16)14-27-9-8-20-18(13-23(24)25)21-11-15-4-3-7-19-10-15/h3-7,10H,8-9,11-14H2,1-2H3,(H,20,21). The maximum Gasteiger partial charge on any atom is 0.259 e. The van der Waals surface area contributed by atoms with Crippen molar-refractivity contribution in [2.75, 3.05) is 32.9 Å². The van der Waals surface area contributed by atoms with Gasteiger partial charge in [0, 0.05) is 29.6 Å². The smallest absolute Gasteiger partial charge is 0.259 e. The van der Waals surface area contributed by atoms with Crippen LogP contribution in [-0.2, 0) is 18.8 Å². The SMILES string of the molecule is CN(C)Cc1ccc(CSCCNC(C[N+](=O)[O-])=NCc2cccnc2)o1. The number of hydrogen-bond acceptors (Lipinski definition) is 7. The summed E-state index contributed by atoms with van der Waals surface area (Å²) in [6.07, 6.45) is 3.39. The number of pyridine rings is 1. The Morgan fingerprint density at radius 3 is 2.89 bits per heavy atom. The zero-order valence-corrected chi connectivity index (χ0v) is 16.4. The number of nitro groups is 1. The number of nitrogens with zero attached hydrogens (tertiary/aromatic N) is 4. The summed E-state index contributed by atoms with van der Waals surface area (Å²) in [4.78, 5) is 20.8. The van der Waals surface area contributed by atoms with E-state index in [9.17, 15) is 10.1 Å². The van der Waals surface area contributed by atoms with Crippen LogP contribution >= 0.6 is 11.8 Å². The molecule has 8 nitrogen and oxygen atoms in total. The van der Waals surface area contributed by atoms with Gasteiger partial charge in [0.25, 0.3) is 6.54 Å². The fourth-order valence-electron chi connectivity index (χ4n) is 2.30. The van der Waals surface area contributed by atoms with Crippen LogP contribution < -0.4 is 5.32 Å². The second-order valence-corrected chi connectivity index (χ2v) is 7.31. The van der Waals surface area contributed by atoms with Crippen molar-refractivity contribution in [2.45, 2.75) is 18.8 Å². The van der Waals surface area contributed by atoms with E-state index in [0.29, 0.717) is 18.9 Å². The van der Waals surface area contributed by atoms with Crippen LogP contribution in [0, 0.1) is 10.1 Å². The number of aromatic nitrogens is 1. The van der Waals surface area contributed by atoms with Crippen molar-refractivity contribution >= 4 is 17.6 Å². The highest BCUT2D eigenvalue weighted by Gasteiger charge is 2.07. The van der Waals surface area contributed by atoms with Gasteiger partial charge in [-0.1, -0.05) is 6.07 Å². The summed E-state index contributed by atoms with van der Waals surface area (Å²) in [6.45, 7) is 1.45. The lowest BCUT2D eigenvalue weighted by molar-refractivity contribution is -0.463. The van der Waals surface area contributed by atoms with Crippen molar-refractivity contribution in [1.29, 1.82) is 0 Å². The van der Waals surface area contributed by atoms with E-state index in [2.05, 4.69) is 20.2 Å². The number of aliphatic imine (C=N–C) groups is 1. The first-order chi connectivity index (χ1) is 13.0. The molecular weight excluding hydrogens is 366 g/mol. The Morgan fingerprint density at radius 1 is 1.37 bits per heavy atom. The number of furan rings is 1. The van der Waals surface area contributed by atoms with Crippen LogP contribution in [0.2, 0.25) is 0 Å². The lowest BCUT2D eigenvalue weighted by Gasteiger charge is -2.07. The van der Waals surface area contributed by atoms with Gasteiger partial charge in [-0.05, 0) is 37.9 Å². The molecule has 0 aliphatic heterocycles. The molecule has 1 N–H and O–H groups in total. The van der Waals surface area contributed by atoms with Gasteiger partial charge in [-0.2, -0.15) is 11.8 Å². The number of thioether (sulfide) groups is 1. The zero-order valence-electron chi connectivity index (χ0n) is 15.6. The van der Waals surface area contributed by atoms with Gasteiger partial charge in [0.2, 0.25) is 0 Å². The van der Waals surface area contributed by atoms with Crippen LogP contribution in [0.3, 0.4) is 0 Å². The molecule has 0 saturated carbocycles. The fraction of sp³-hybridized carbons (Fsp3) is 0.444. The first-order valence-electron chi connectivity index (χ1n) is 8.61. The number of hydrogen-bond donors (Lipinski definition) is 1. The average molecular weight is 391 g/mol. The van der Waals surface area contributed by atoms with Crippen LogP contribution in [-0.4, -0.2) is 53.6 Å². The molecule has 2 aromatic heterocycles. The molecule has 2 rings (SSSR count). The van der Waals surface area contributed by atoms with Gasteiger partial charge >= 0.3 is 0 Å². The fourth-order valence-corrected chi connectivity index (χ4v) is 3.05. The summed E-state index contributed by atoms with van der Waals surface area (Å²) in [5.41, 5.74) is 0.917. The van der Waals surface area contributed by atoms with Crippen molar-refractivity contribution in [2.24, 2.45) is 4.99 Å². The lowest BCUT2D eigenvalue weighted by Crippen LogP contribution is -2.32. The normalized spacial score (nSPS) is 11.7. The van der Waals surface area contributed by atoms with E-state index in [1.807, 2.05) is 38.4 Å². The Labute approximate surface area is 163 Å². The maximum atomic E-state index is 10.8. The molecule has 2 heterocycles. The zero-order chi connectivity index (χ0) is 19.5. The summed E-state index contributed by atoms with van der Waals surface area (Å²) in [5.74, 6) is 3.84. The van der Waals surface area contributed by atoms with Crippen molar-refractivity contribution in [1.82, 2.24) is 15.2 Å². The molecule has 0 saturated heterocycles. The van der Waals surface area contributed by atoms with E-state index >= 15 is 0 Å².